The molecule has 1 amide bonds. The van der Waals surface area contributed by atoms with Gasteiger partial charge in [-0.05, 0) is 66.5 Å². The second-order valence-electron chi connectivity index (χ2n) is 9.88. The Morgan fingerprint density at radius 1 is 1.13 bits per heavy atom. The highest BCUT2D eigenvalue weighted by molar-refractivity contribution is 5.97. The number of hydrogen-bond acceptors (Lipinski definition) is 3. The number of carboxylic acids is 1. The van der Waals surface area contributed by atoms with Gasteiger partial charge in [0.25, 0.3) is 0 Å². The normalized spacial score (nSPS) is 15.4. The number of pyridine rings is 1. The average molecular weight is 529 g/mol. The first-order chi connectivity index (χ1) is 18.0. The van der Waals surface area contributed by atoms with Gasteiger partial charge in [0.05, 0.1) is 17.9 Å². The molecule has 0 saturated heterocycles. The van der Waals surface area contributed by atoms with Crippen LogP contribution >= 0.6 is 0 Å². The fourth-order valence-corrected chi connectivity index (χ4v) is 5.02. The maximum Gasteiger partial charge on any atom is 0.417 e. The summed E-state index contributed by atoms with van der Waals surface area (Å²) >= 11 is 0. The van der Waals surface area contributed by atoms with Crippen molar-refractivity contribution < 1.29 is 32.3 Å². The Kier molecular flexibility index (Phi) is 7.85. The first-order valence-electron chi connectivity index (χ1n) is 12.4. The second kappa shape index (κ2) is 10.9. The number of nitrogens with zero attached hydrogens (tertiary/aromatic N) is 1. The van der Waals surface area contributed by atoms with Gasteiger partial charge in [-0.3, -0.25) is 14.6 Å². The van der Waals surface area contributed by atoms with E-state index in [4.69, 9.17) is 5.11 Å². The first kappa shape index (κ1) is 27.3. The predicted molar refractivity (Wildman–Crippen MR) is 135 cm³/mol. The minimum Gasteiger partial charge on any atom is -0.481 e. The fourth-order valence-electron chi connectivity index (χ4n) is 5.02. The fraction of sp³-hybridized carbons (Fsp3) is 0.345. The number of nitrogens with one attached hydrogen (secondary N) is 1. The molecule has 5 nitrogen and oxygen atoms in total. The minimum atomic E-state index is -4.60. The van der Waals surface area contributed by atoms with Crippen LogP contribution in [-0.4, -0.2) is 22.0 Å². The molecule has 2 N–H and O–H groups in total. The van der Waals surface area contributed by atoms with Crippen LogP contribution in [0.2, 0.25) is 0 Å². The Morgan fingerprint density at radius 2 is 1.87 bits per heavy atom. The van der Waals surface area contributed by atoms with Gasteiger partial charge in [-0.25, -0.2) is 4.39 Å². The van der Waals surface area contributed by atoms with Crippen LogP contribution in [0.5, 0.6) is 0 Å². The van der Waals surface area contributed by atoms with Crippen molar-refractivity contribution in [2.75, 3.05) is 5.32 Å². The van der Waals surface area contributed by atoms with E-state index in [1.807, 2.05) is 19.9 Å². The van der Waals surface area contributed by atoms with E-state index in [1.165, 1.54) is 18.3 Å². The largest absolute Gasteiger partial charge is 0.481 e. The second-order valence-corrected chi connectivity index (χ2v) is 9.88. The molecule has 4 rings (SSSR count). The molecular formula is C29H28F4N2O3. The number of benzene rings is 2. The highest BCUT2D eigenvalue weighted by Crippen LogP contribution is 2.41. The van der Waals surface area contributed by atoms with Gasteiger partial charge in [-0.2, -0.15) is 13.2 Å². The van der Waals surface area contributed by atoms with Crippen molar-refractivity contribution in [1.29, 1.82) is 0 Å². The van der Waals surface area contributed by atoms with Crippen molar-refractivity contribution in [3.8, 4) is 11.1 Å². The number of anilines is 1. The quantitative estimate of drug-likeness (QED) is 0.300. The van der Waals surface area contributed by atoms with E-state index < -0.39 is 29.4 Å². The summed E-state index contributed by atoms with van der Waals surface area (Å²) in [6, 6.07) is 10.4. The van der Waals surface area contributed by atoms with Crippen LogP contribution in [0.15, 0.2) is 54.9 Å². The molecule has 0 spiro atoms. The molecule has 1 saturated carbocycles. The summed E-state index contributed by atoms with van der Waals surface area (Å²) in [7, 11) is 0. The van der Waals surface area contributed by atoms with E-state index in [2.05, 4.69) is 10.3 Å². The Hall–Kier alpha value is -3.75. The summed E-state index contributed by atoms with van der Waals surface area (Å²) in [4.78, 5) is 28.3. The third kappa shape index (κ3) is 5.87. The van der Waals surface area contributed by atoms with Crippen molar-refractivity contribution in [3.63, 3.8) is 0 Å². The topological polar surface area (TPSA) is 79.3 Å². The molecule has 0 unspecified atom stereocenters. The van der Waals surface area contributed by atoms with Crippen molar-refractivity contribution in [2.24, 2.45) is 5.92 Å². The Bertz CT molecular complexity index is 1350. The standard InChI is InChI=1S/C29H28F4N2O3/c1-16(11-26(36)37)22-7-4-8-25(17(22)2)35-28(38)27(18-5-3-6-18)19-9-10-23(24(30)13-19)20-12-21(15-34-14-20)29(31,32)33/h4,7-10,12-16,18,27H,3,5-6,11H2,1-2H3,(H,35,38)(H,36,37)/t16-,27-/m1/s1. The van der Waals surface area contributed by atoms with Crippen molar-refractivity contribution in [1.82, 2.24) is 4.98 Å². The van der Waals surface area contributed by atoms with Gasteiger partial charge in [0.1, 0.15) is 5.82 Å². The summed E-state index contributed by atoms with van der Waals surface area (Å²) in [6.07, 6.45) is -0.242. The zero-order valence-corrected chi connectivity index (χ0v) is 21.0. The Balaban J connectivity index is 1.62. The average Bonchev–Trinajstić information content (AvgIpc) is 2.81. The van der Waals surface area contributed by atoms with Gasteiger partial charge >= 0.3 is 12.1 Å². The van der Waals surface area contributed by atoms with Crippen LogP contribution in [-0.2, 0) is 15.8 Å². The molecule has 2 atom stereocenters. The number of carbonyl (C=O) groups excluding carboxylic acids is 1. The molecule has 1 aromatic heterocycles. The van der Waals surface area contributed by atoms with E-state index in [0.717, 1.165) is 36.5 Å². The van der Waals surface area contributed by atoms with Crippen LogP contribution < -0.4 is 5.32 Å². The highest BCUT2D eigenvalue weighted by Gasteiger charge is 2.35. The van der Waals surface area contributed by atoms with Crippen LogP contribution in [0.1, 0.15) is 66.7 Å². The summed E-state index contributed by atoms with van der Waals surface area (Å²) < 4.78 is 54.5. The Labute approximate surface area is 217 Å². The minimum absolute atomic E-state index is 0.00330. The maximum atomic E-state index is 15.2. The molecule has 1 aliphatic rings. The van der Waals surface area contributed by atoms with E-state index in [-0.39, 0.29) is 35.3 Å². The number of aliphatic carboxylic acids is 1. The van der Waals surface area contributed by atoms with Crippen molar-refractivity contribution >= 4 is 17.6 Å². The highest BCUT2D eigenvalue weighted by atomic mass is 19.4. The lowest BCUT2D eigenvalue weighted by Gasteiger charge is -2.33. The van der Waals surface area contributed by atoms with Crippen molar-refractivity contribution in [3.05, 3.63) is 82.9 Å². The lowest BCUT2D eigenvalue weighted by Crippen LogP contribution is -2.31. The predicted octanol–water partition coefficient (Wildman–Crippen LogP) is 7.32. The smallest absolute Gasteiger partial charge is 0.417 e. The van der Waals surface area contributed by atoms with Crippen LogP contribution in [0.4, 0.5) is 23.2 Å². The van der Waals surface area contributed by atoms with Gasteiger partial charge in [-0.1, -0.05) is 37.6 Å². The maximum absolute atomic E-state index is 15.2. The molecule has 1 heterocycles. The third-order valence-corrected chi connectivity index (χ3v) is 7.28. The monoisotopic (exact) mass is 528 g/mol. The number of rotatable bonds is 8. The molecule has 0 aliphatic heterocycles. The summed E-state index contributed by atoms with van der Waals surface area (Å²) in [5.41, 5.74) is 1.58. The molecule has 0 bridgehead atoms. The van der Waals surface area contributed by atoms with Gasteiger partial charge in [-0.15, -0.1) is 0 Å². The molecule has 0 radical (unpaired) electrons. The van der Waals surface area contributed by atoms with E-state index in [9.17, 15) is 22.8 Å². The van der Waals surface area contributed by atoms with E-state index >= 15 is 4.39 Å². The number of amides is 1. The van der Waals surface area contributed by atoms with E-state index in [1.54, 1.807) is 18.2 Å². The van der Waals surface area contributed by atoms with Crippen LogP contribution in [0.3, 0.4) is 0 Å². The number of halogens is 4. The molecule has 38 heavy (non-hydrogen) atoms. The molecule has 1 aliphatic carbocycles. The summed E-state index contributed by atoms with van der Waals surface area (Å²) in [5.74, 6) is -2.85. The van der Waals surface area contributed by atoms with Gasteiger partial charge in [0.15, 0.2) is 0 Å². The van der Waals surface area contributed by atoms with Gasteiger partial charge < -0.3 is 10.4 Å². The zero-order valence-electron chi connectivity index (χ0n) is 21.0. The van der Waals surface area contributed by atoms with Gasteiger partial charge in [0, 0.05) is 29.2 Å². The third-order valence-electron chi connectivity index (χ3n) is 7.28. The van der Waals surface area contributed by atoms with Crippen LogP contribution in [0.25, 0.3) is 11.1 Å². The molecule has 9 heteroatoms. The SMILES string of the molecule is Cc1c(NC(=O)[C@@H](c2ccc(-c3cncc(C(F)(F)F)c3)c(F)c2)C2CCC2)cccc1[C@H](C)CC(=O)O. The zero-order chi connectivity index (χ0) is 27.6. The number of aromatic nitrogens is 1. The molecule has 200 valence electrons. The Morgan fingerprint density at radius 3 is 2.47 bits per heavy atom. The van der Waals surface area contributed by atoms with E-state index in [0.29, 0.717) is 17.4 Å². The number of carboxylic acid groups (broad SMARTS) is 1. The lowest BCUT2D eigenvalue weighted by atomic mass is 9.72. The molecule has 3 aromatic rings. The number of carbonyl (C=O) groups is 2. The molecule has 1 fully saturated rings. The molecular weight excluding hydrogens is 500 g/mol. The summed E-state index contributed by atoms with van der Waals surface area (Å²) in [5, 5.41) is 12.1. The number of hydrogen-bond donors (Lipinski definition) is 2. The summed E-state index contributed by atoms with van der Waals surface area (Å²) in [6.45, 7) is 3.63. The van der Waals surface area contributed by atoms with Crippen molar-refractivity contribution in [2.45, 2.75) is 57.5 Å². The number of alkyl halides is 3. The lowest BCUT2D eigenvalue weighted by molar-refractivity contribution is -0.138. The molecule has 2 aromatic carbocycles. The first-order valence-corrected chi connectivity index (χ1v) is 12.4. The van der Waals surface area contributed by atoms with Crippen LogP contribution in [0, 0.1) is 18.7 Å². The van der Waals surface area contributed by atoms with Gasteiger partial charge in [0.2, 0.25) is 5.91 Å².